The smallest absolute Gasteiger partial charge is 0.303 e. The number of carboxylic acid groups (broad SMARTS) is 2. The highest BCUT2D eigenvalue weighted by Crippen LogP contribution is 1.95. The average molecular weight is 279 g/mol. The quantitative estimate of drug-likeness (QED) is 0.381. The summed E-state index contributed by atoms with van der Waals surface area (Å²) in [5, 5.41) is 33.2. The van der Waals surface area contributed by atoms with Crippen LogP contribution in [0.25, 0.3) is 0 Å². The fraction of sp³-hybridized carbons (Fsp3) is 0.600. The predicted molar refractivity (Wildman–Crippen MR) is 61.1 cm³/mol. The van der Waals surface area contributed by atoms with E-state index in [-0.39, 0.29) is 37.9 Å². The van der Waals surface area contributed by atoms with Crippen molar-refractivity contribution in [2.45, 2.75) is 25.7 Å². The molecule has 0 saturated carbocycles. The van der Waals surface area contributed by atoms with Gasteiger partial charge in [0.25, 0.3) is 0 Å². The van der Waals surface area contributed by atoms with E-state index in [1.54, 1.807) is 0 Å². The second-order valence-corrected chi connectivity index (χ2v) is 3.21. The van der Waals surface area contributed by atoms with Gasteiger partial charge in [-0.1, -0.05) is 0 Å². The van der Waals surface area contributed by atoms with E-state index in [2.05, 4.69) is 5.32 Å². The number of nitrogens with one attached hydrogen (secondary N) is 1. The number of hydrogen-bond acceptors (Lipinski definition) is 6. The third-order valence-corrected chi connectivity index (χ3v) is 1.51. The molecule has 1 aliphatic rings. The number of carbonyl (C=O) groups excluding carboxylic acids is 2. The van der Waals surface area contributed by atoms with Gasteiger partial charge in [0.05, 0.1) is 26.1 Å². The number of imide groups is 1. The van der Waals surface area contributed by atoms with E-state index in [0.717, 1.165) is 0 Å². The molecule has 1 rings (SSSR count). The van der Waals surface area contributed by atoms with Crippen LogP contribution in [0.15, 0.2) is 0 Å². The first-order valence-corrected chi connectivity index (χ1v) is 5.31. The molecule has 0 spiro atoms. The third kappa shape index (κ3) is 18.6. The molecule has 1 saturated heterocycles. The minimum atomic E-state index is -1.08. The van der Waals surface area contributed by atoms with Crippen LogP contribution in [0.5, 0.6) is 0 Å². The van der Waals surface area contributed by atoms with Gasteiger partial charge in [-0.25, -0.2) is 0 Å². The van der Waals surface area contributed by atoms with Crippen molar-refractivity contribution >= 4 is 23.8 Å². The number of rotatable bonds is 4. The van der Waals surface area contributed by atoms with Gasteiger partial charge in [-0.3, -0.25) is 24.5 Å². The van der Waals surface area contributed by atoms with E-state index >= 15 is 0 Å². The lowest BCUT2D eigenvalue weighted by molar-refractivity contribution is -0.143. The van der Waals surface area contributed by atoms with Crippen LogP contribution in [-0.4, -0.2) is 57.4 Å². The predicted octanol–water partition coefficient (Wildman–Crippen LogP) is -1.67. The summed E-state index contributed by atoms with van der Waals surface area (Å²) in [6.45, 7) is -0.250. The van der Waals surface area contributed by atoms with E-state index < -0.39 is 11.9 Å². The Hall–Kier alpha value is -2.00. The zero-order chi connectivity index (χ0) is 15.3. The van der Waals surface area contributed by atoms with Crippen LogP contribution in [0.4, 0.5) is 0 Å². The Labute approximate surface area is 108 Å². The minimum absolute atomic E-state index is 0.125. The molecule has 19 heavy (non-hydrogen) atoms. The minimum Gasteiger partial charge on any atom is -0.481 e. The molecule has 1 heterocycles. The molecule has 0 aromatic heterocycles. The molecule has 0 bridgehead atoms. The second kappa shape index (κ2) is 12.5. The number of aliphatic hydroxyl groups excluding tert-OH is 2. The Morgan fingerprint density at radius 1 is 0.895 bits per heavy atom. The van der Waals surface area contributed by atoms with Crippen molar-refractivity contribution in [3.05, 3.63) is 0 Å². The molecule has 0 aromatic rings. The van der Waals surface area contributed by atoms with Crippen LogP contribution in [0.2, 0.25) is 0 Å². The summed E-state index contributed by atoms with van der Waals surface area (Å²) < 4.78 is 0. The van der Waals surface area contributed by atoms with Gasteiger partial charge in [-0.05, 0) is 0 Å². The van der Waals surface area contributed by atoms with Gasteiger partial charge in [-0.15, -0.1) is 0 Å². The van der Waals surface area contributed by atoms with Gasteiger partial charge in [0.1, 0.15) is 0 Å². The van der Waals surface area contributed by atoms with Gasteiger partial charge in [0, 0.05) is 12.8 Å². The van der Waals surface area contributed by atoms with E-state index in [9.17, 15) is 19.2 Å². The molecular formula is C10H17NO8. The van der Waals surface area contributed by atoms with Crippen LogP contribution in [-0.2, 0) is 19.2 Å². The van der Waals surface area contributed by atoms with Crippen molar-refractivity contribution in [1.82, 2.24) is 5.32 Å². The van der Waals surface area contributed by atoms with Crippen molar-refractivity contribution in [1.29, 1.82) is 0 Å². The summed E-state index contributed by atoms with van der Waals surface area (Å²) in [5.41, 5.74) is 0. The Kier molecular flexibility index (Phi) is 12.7. The standard InChI is InChI=1S/C4H5NO2.C4H6O4.C2H6O2/c6-3-1-2-4(7)5-3;5-3(6)1-2-4(7)8;3-1-2-4/h1-2H2,(H,5,6,7);1-2H2,(H,5,6)(H,7,8);3-4H,1-2H2. The summed E-state index contributed by atoms with van der Waals surface area (Å²) >= 11 is 0. The summed E-state index contributed by atoms with van der Waals surface area (Å²) in [6, 6.07) is 0. The summed E-state index contributed by atoms with van der Waals surface area (Å²) in [5.74, 6) is -2.45. The molecule has 1 aliphatic heterocycles. The van der Waals surface area contributed by atoms with Gasteiger partial charge in [0.2, 0.25) is 11.8 Å². The number of hydrogen-bond donors (Lipinski definition) is 5. The molecule has 0 atom stereocenters. The highest BCUT2D eigenvalue weighted by molar-refractivity contribution is 6.01. The first-order chi connectivity index (χ1) is 8.83. The third-order valence-electron chi connectivity index (χ3n) is 1.51. The lowest BCUT2D eigenvalue weighted by Gasteiger charge is -1.85. The molecule has 0 unspecified atom stereocenters. The topological polar surface area (TPSA) is 161 Å². The molecule has 0 aliphatic carbocycles. The van der Waals surface area contributed by atoms with E-state index in [1.165, 1.54) is 0 Å². The zero-order valence-electron chi connectivity index (χ0n) is 10.2. The molecule has 1 fully saturated rings. The van der Waals surface area contributed by atoms with Gasteiger partial charge in [-0.2, -0.15) is 0 Å². The van der Waals surface area contributed by atoms with Crippen molar-refractivity contribution in [3.63, 3.8) is 0 Å². The molecule has 2 amide bonds. The summed E-state index contributed by atoms with van der Waals surface area (Å²) in [7, 11) is 0. The van der Waals surface area contributed by atoms with E-state index in [0.29, 0.717) is 12.8 Å². The summed E-state index contributed by atoms with van der Waals surface area (Å²) in [4.78, 5) is 39.5. The Morgan fingerprint density at radius 3 is 1.32 bits per heavy atom. The van der Waals surface area contributed by atoms with Crippen LogP contribution in [0, 0.1) is 0 Å². The maximum Gasteiger partial charge on any atom is 0.303 e. The van der Waals surface area contributed by atoms with Crippen molar-refractivity contribution in [2.75, 3.05) is 13.2 Å². The van der Waals surface area contributed by atoms with Crippen molar-refractivity contribution in [3.8, 4) is 0 Å². The first-order valence-electron chi connectivity index (χ1n) is 5.31. The Bertz CT molecular complexity index is 285. The number of amides is 2. The molecule has 9 heteroatoms. The lowest BCUT2D eigenvalue weighted by atomic mass is 10.3. The van der Waals surface area contributed by atoms with Crippen LogP contribution < -0.4 is 5.32 Å². The van der Waals surface area contributed by atoms with Crippen LogP contribution in [0.1, 0.15) is 25.7 Å². The lowest BCUT2D eigenvalue weighted by Crippen LogP contribution is -2.18. The molecule has 0 radical (unpaired) electrons. The average Bonchev–Trinajstić information content (AvgIpc) is 2.71. The van der Waals surface area contributed by atoms with Crippen molar-refractivity contribution < 1.29 is 39.6 Å². The molecule has 0 aromatic carbocycles. The fourth-order valence-electron chi connectivity index (χ4n) is 0.721. The van der Waals surface area contributed by atoms with Crippen LogP contribution >= 0.6 is 0 Å². The number of aliphatic hydroxyl groups is 2. The number of aliphatic carboxylic acids is 2. The maximum atomic E-state index is 10.1. The number of carboxylic acids is 2. The Morgan fingerprint density at radius 2 is 1.21 bits per heavy atom. The summed E-state index contributed by atoms with van der Waals surface area (Å²) in [6.07, 6.45) is 0.155. The zero-order valence-corrected chi connectivity index (χ0v) is 10.2. The second-order valence-electron chi connectivity index (χ2n) is 3.21. The monoisotopic (exact) mass is 279 g/mol. The Balaban J connectivity index is 0. The van der Waals surface area contributed by atoms with Crippen LogP contribution in [0.3, 0.4) is 0 Å². The molecule has 5 N–H and O–H groups in total. The van der Waals surface area contributed by atoms with Crippen molar-refractivity contribution in [2.24, 2.45) is 0 Å². The SMILES string of the molecule is O=C(O)CCC(=O)O.O=C1CCC(=O)N1.OCCO. The molecule has 9 nitrogen and oxygen atoms in total. The molecular weight excluding hydrogens is 262 g/mol. The number of carbonyl (C=O) groups is 4. The normalized spacial score (nSPS) is 12.5. The fourth-order valence-corrected chi connectivity index (χ4v) is 0.721. The largest absolute Gasteiger partial charge is 0.481 e. The van der Waals surface area contributed by atoms with Gasteiger partial charge < -0.3 is 20.4 Å². The first kappa shape index (κ1) is 19.3. The highest BCUT2D eigenvalue weighted by atomic mass is 16.4. The van der Waals surface area contributed by atoms with E-state index in [4.69, 9.17) is 20.4 Å². The van der Waals surface area contributed by atoms with Gasteiger partial charge in [0.15, 0.2) is 0 Å². The van der Waals surface area contributed by atoms with Gasteiger partial charge >= 0.3 is 11.9 Å². The maximum absolute atomic E-state index is 10.1. The highest BCUT2D eigenvalue weighted by Gasteiger charge is 2.15. The van der Waals surface area contributed by atoms with E-state index in [1.807, 2.05) is 0 Å². The molecule has 110 valence electrons.